The Morgan fingerprint density at radius 3 is 2.07 bits per heavy atom. The summed E-state index contributed by atoms with van der Waals surface area (Å²) in [5, 5.41) is 1.38. The molecule has 0 unspecified atom stereocenters. The molecule has 1 fully saturated rings. The van der Waals surface area contributed by atoms with Gasteiger partial charge in [-0.2, -0.15) is 0 Å². The summed E-state index contributed by atoms with van der Waals surface area (Å²) in [6.07, 6.45) is 3.23. The first kappa shape index (κ1) is 25.1. The molecule has 2 aromatic rings. The summed E-state index contributed by atoms with van der Waals surface area (Å²) in [4.78, 5) is 12.3. The summed E-state index contributed by atoms with van der Waals surface area (Å²) in [7, 11) is 2.03. The van der Waals surface area contributed by atoms with E-state index in [2.05, 4.69) is 23.6 Å². The maximum atomic E-state index is 10.2. The predicted octanol–water partition coefficient (Wildman–Crippen LogP) is 6.96. The lowest BCUT2D eigenvalue weighted by molar-refractivity contribution is -0.124. The van der Waals surface area contributed by atoms with Gasteiger partial charge in [0.2, 0.25) is 5.91 Å². The molecule has 1 saturated carbocycles. The van der Waals surface area contributed by atoms with Gasteiger partial charge in [0.1, 0.15) is 0 Å². The fourth-order valence-electron chi connectivity index (χ4n) is 2.87. The van der Waals surface area contributed by atoms with E-state index in [1.165, 1.54) is 6.42 Å². The Morgan fingerprint density at radius 2 is 1.66 bits per heavy atom. The number of hydrogen-bond acceptors (Lipinski definition) is 2. The molecule has 1 amide bonds. The summed E-state index contributed by atoms with van der Waals surface area (Å²) in [5.41, 5.74) is 9.20. The Hall–Kier alpha value is -1.97. The average molecular weight is 435 g/mol. The van der Waals surface area contributed by atoms with Crippen LogP contribution in [0.1, 0.15) is 51.2 Å². The van der Waals surface area contributed by atoms with Gasteiger partial charge in [0.25, 0.3) is 0 Å². The molecule has 3 nitrogen and oxygen atoms in total. The molecule has 5 heteroatoms. The third kappa shape index (κ3) is 7.41. The molecular formula is C24H32Cl2N2O. The Kier molecular flexibility index (Phi) is 10.9. The summed E-state index contributed by atoms with van der Waals surface area (Å²) in [6.45, 7) is 10.7. The van der Waals surface area contributed by atoms with Crippen LogP contribution in [0.2, 0.25) is 10.0 Å². The van der Waals surface area contributed by atoms with E-state index < -0.39 is 0 Å². The molecule has 3 rings (SSSR count). The van der Waals surface area contributed by atoms with Crippen molar-refractivity contribution in [2.45, 2.75) is 46.6 Å². The molecule has 0 heterocycles. The van der Waals surface area contributed by atoms with E-state index in [1.807, 2.05) is 58.2 Å². The van der Waals surface area contributed by atoms with Crippen LogP contribution in [0.3, 0.4) is 0 Å². The van der Waals surface area contributed by atoms with Gasteiger partial charge in [0.05, 0.1) is 0 Å². The van der Waals surface area contributed by atoms with E-state index in [0.717, 1.165) is 35.2 Å². The van der Waals surface area contributed by atoms with Gasteiger partial charge in [-0.15, -0.1) is 0 Å². The zero-order valence-corrected chi connectivity index (χ0v) is 19.4. The fourth-order valence-corrected chi connectivity index (χ4v) is 3.38. The van der Waals surface area contributed by atoms with Gasteiger partial charge < -0.3 is 10.6 Å². The molecule has 1 aliphatic carbocycles. The minimum Gasteiger partial charge on any atom is -0.370 e. The van der Waals surface area contributed by atoms with Crippen molar-refractivity contribution < 1.29 is 4.79 Å². The highest BCUT2D eigenvalue weighted by atomic mass is 35.5. The summed E-state index contributed by atoms with van der Waals surface area (Å²) in [6, 6.07) is 13.8. The molecule has 2 N–H and O–H groups in total. The van der Waals surface area contributed by atoms with E-state index in [9.17, 15) is 4.79 Å². The minimum atomic E-state index is -0.119. The molecule has 29 heavy (non-hydrogen) atoms. The SMILES string of the molecule is C=C(C)c1ccccc1N(C)Cc1c(Cl)cccc1Cl.CC.NC(=O)C1CCC1. The van der Waals surface area contributed by atoms with Crippen molar-refractivity contribution in [2.75, 3.05) is 11.9 Å². The first-order chi connectivity index (χ1) is 13.8. The van der Waals surface area contributed by atoms with E-state index in [1.54, 1.807) is 0 Å². The second-order valence-corrected chi connectivity index (χ2v) is 7.70. The van der Waals surface area contributed by atoms with E-state index in [-0.39, 0.29) is 11.8 Å². The van der Waals surface area contributed by atoms with Crippen molar-refractivity contribution in [1.29, 1.82) is 0 Å². The number of carbonyl (C=O) groups excluding carboxylic acids is 1. The van der Waals surface area contributed by atoms with Gasteiger partial charge in [0.15, 0.2) is 0 Å². The highest BCUT2D eigenvalue weighted by molar-refractivity contribution is 6.36. The van der Waals surface area contributed by atoms with Gasteiger partial charge in [-0.05, 0) is 43.5 Å². The Morgan fingerprint density at radius 1 is 1.10 bits per heavy atom. The van der Waals surface area contributed by atoms with Crippen LogP contribution in [0.25, 0.3) is 5.57 Å². The van der Waals surface area contributed by atoms with Crippen molar-refractivity contribution in [3.63, 3.8) is 0 Å². The van der Waals surface area contributed by atoms with E-state index >= 15 is 0 Å². The van der Waals surface area contributed by atoms with Crippen molar-refractivity contribution >= 4 is 40.4 Å². The molecule has 0 aliphatic heterocycles. The van der Waals surface area contributed by atoms with Crippen molar-refractivity contribution in [3.05, 3.63) is 70.2 Å². The van der Waals surface area contributed by atoms with Crippen LogP contribution in [0.15, 0.2) is 49.0 Å². The standard InChI is InChI=1S/C17H17Cl2N.C5H9NO.C2H6/c1-12(2)13-7-4-5-10-17(13)20(3)11-14-15(18)8-6-9-16(14)19;6-5(7)4-2-1-3-4;1-2/h4-10H,1,11H2,2-3H3;4H,1-3H2,(H2,6,7);1-2H3. The third-order valence-electron chi connectivity index (χ3n) is 4.74. The van der Waals surface area contributed by atoms with Crippen LogP contribution < -0.4 is 10.6 Å². The largest absolute Gasteiger partial charge is 0.370 e. The van der Waals surface area contributed by atoms with Crippen molar-refractivity contribution in [2.24, 2.45) is 11.7 Å². The van der Waals surface area contributed by atoms with Crippen molar-refractivity contribution in [1.82, 2.24) is 0 Å². The number of anilines is 1. The predicted molar refractivity (Wildman–Crippen MR) is 128 cm³/mol. The van der Waals surface area contributed by atoms with Gasteiger partial charge in [-0.1, -0.05) is 74.3 Å². The maximum absolute atomic E-state index is 10.2. The molecular weight excluding hydrogens is 403 g/mol. The molecule has 0 saturated heterocycles. The van der Waals surface area contributed by atoms with Gasteiger partial charge >= 0.3 is 0 Å². The van der Waals surface area contributed by atoms with Crippen LogP contribution in [-0.4, -0.2) is 13.0 Å². The van der Waals surface area contributed by atoms with Gasteiger partial charge in [0, 0.05) is 46.4 Å². The number of para-hydroxylation sites is 1. The summed E-state index contributed by atoms with van der Waals surface area (Å²) < 4.78 is 0. The lowest BCUT2D eigenvalue weighted by Gasteiger charge is -2.23. The highest BCUT2D eigenvalue weighted by Crippen LogP contribution is 2.30. The molecule has 2 aromatic carbocycles. The second-order valence-electron chi connectivity index (χ2n) is 6.88. The lowest BCUT2D eigenvalue weighted by atomic mass is 9.85. The number of halogens is 2. The van der Waals surface area contributed by atoms with Gasteiger partial charge in [-0.3, -0.25) is 4.79 Å². The lowest BCUT2D eigenvalue weighted by Crippen LogP contribution is -2.28. The van der Waals surface area contributed by atoms with Crippen LogP contribution in [0.5, 0.6) is 0 Å². The summed E-state index contributed by atoms with van der Waals surface area (Å²) in [5.74, 6) is 0.103. The third-order valence-corrected chi connectivity index (χ3v) is 5.45. The smallest absolute Gasteiger partial charge is 0.220 e. The number of benzene rings is 2. The minimum absolute atomic E-state index is 0.119. The first-order valence-electron chi connectivity index (χ1n) is 9.99. The quantitative estimate of drug-likeness (QED) is 0.552. The van der Waals surface area contributed by atoms with Crippen LogP contribution >= 0.6 is 23.2 Å². The summed E-state index contributed by atoms with van der Waals surface area (Å²) >= 11 is 12.5. The molecule has 0 atom stereocenters. The molecule has 0 radical (unpaired) electrons. The normalized spacial score (nSPS) is 12.5. The molecule has 0 aromatic heterocycles. The monoisotopic (exact) mass is 434 g/mol. The topological polar surface area (TPSA) is 46.3 Å². The van der Waals surface area contributed by atoms with Crippen LogP contribution in [0.4, 0.5) is 5.69 Å². The Labute approximate surface area is 185 Å². The van der Waals surface area contributed by atoms with Crippen LogP contribution in [0, 0.1) is 5.92 Å². The van der Waals surface area contributed by atoms with E-state index in [0.29, 0.717) is 16.6 Å². The van der Waals surface area contributed by atoms with Gasteiger partial charge in [-0.25, -0.2) is 0 Å². The molecule has 1 aliphatic rings. The van der Waals surface area contributed by atoms with Crippen LogP contribution in [-0.2, 0) is 11.3 Å². The number of hydrogen-bond donors (Lipinski definition) is 1. The number of carbonyl (C=O) groups is 1. The Balaban J connectivity index is 0.000000390. The maximum Gasteiger partial charge on any atom is 0.220 e. The molecule has 158 valence electrons. The molecule has 0 bridgehead atoms. The number of rotatable bonds is 5. The van der Waals surface area contributed by atoms with E-state index in [4.69, 9.17) is 28.9 Å². The average Bonchev–Trinajstić information content (AvgIpc) is 2.65. The zero-order chi connectivity index (χ0) is 22.0. The first-order valence-corrected chi connectivity index (χ1v) is 10.7. The second kappa shape index (κ2) is 12.6. The molecule has 0 spiro atoms. The Bertz CT molecular complexity index is 796. The number of primary amides is 1. The fraction of sp³-hybridized carbons (Fsp3) is 0.375. The number of nitrogens with two attached hydrogens (primary N) is 1. The number of amides is 1. The number of nitrogens with zero attached hydrogens (tertiary/aromatic N) is 1. The van der Waals surface area contributed by atoms with Crippen molar-refractivity contribution in [3.8, 4) is 0 Å². The highest BCUT2D eigenvalue weighted by Gasteiger charge is 2.22. The number of allylic oxidation sites excluding steroid dienone is 1. The zero-order valence-electron chi connectivity index (χ0n) is 17.8.